The molecule has 2 fully saturated rings. The van der Waals surface area contributed by atoms with Crippen LogP contribution in [0.2, 0.25) is 0 Å². The van der Waals surface area contributed by atoms with Gasteiger partial charge in [-0.2, -0.15) is 14.7 Å². The minimum atomic E-state index is -3.46. The first-order valence-electron chi connectivity index (χ1n) is 7.93. The summed E-state index contributed by atoms with van der Waals surface area (Å²) in [5, 5.41) is 23.5. The minimum Gasteiger partial charge on any atom is -0.388 e. The van der Waals surface area contributed by atoms with Gasteiger partial charge in [-0.1, -0.05) is 0 Å². The quantitative estimate of drug-likeness (QED) is 0.832. The zero-order chi connectivity index (χ0) is 16.7. The number of nitriles is 1. The second kappa shape index (κ2) is 5.89. The lowest BCUT2D eigenvalue weighted by atomic mass is 10.0. The Balaban J connectivity index is 1.69. The lowest BCUT2D eigenvalue weighted by molar-refractivity contribution is 0.142. The molecular formula is C15H22N4O3S. The largest absolute Gasteiger partial charge is 0.388 e. The standard InChI is InChI=1S/C15H22N4O3S/c1-18-9-12(8-17-18)14(20)7-13-3-2-6-19(13)23(21,22)11-15(10-16)4-5-15/h8-9,13-14,20H,2-7,11H2,1H3. The molecule has 1 aromatic rings. The molecule has 2 atom stereocenters. The number of hydrogen-bond acceptors (Lipinski definition) is 5. The number of aliphatic hydroxyl groups is 1. The van der Waals surface area contributed by atoms with E-state index in [-0.39, 0.29) is 11.8 Å². The molecule has 2 unspecified atom stereocenters. The van der Waals surface area contributed by atoms with Gasteiger partial charge >= 0.3 is 0 Å². The number of aromatic nitrogens is 2. The van der Waals surface area contributed by atoms with Crippen LogP contribution in [0.1, 0.15) is 43.8 Å². The van der Waals surface area contributed by atoms with E-state index in [4.69, 9.17) is 5.26 Å². The number of aryl methyl sites for hydroxylation is 1. The molecule has 7 nitrogen and oxygen atoms in total. The SMILES string of the molecule is Cn1cc(C(O)CC2CCCN2S(=O)(=O)CC2(C#N)CC2)cn1. The molecule has 0 spiro atoms. The maximum Gasteiger partial charge on any atom is 0.215 e. The van der Waals surface area contributed by atoms with Crippen molar-refractivity contribution in [2.75, 3.05) is 12.3 Å². The van der Waals surface area contributed by atoms with Gasteiger partial charge in [0, 0.05) is 31.4 Å². The van der Waals surface area contributed by atoms with Gasteiger partial charge in [-0.3, -0.25) is 4.68 Å². The normalized spacial score (nSPS) is 25.2. The summed E-state index contributed by atoms with van der Waals surface area (Å²) in [6.45, 7) is 0.480. The van der Waals surface area contributed by atoms with Crippen LogP contribution in [-0.4, -0.2) is 45.9 Å². The van der Waals surface area contributed by atoms with Crippen LogP contribution in [0.15, 0.2) is 12.4 Å². The molecule has 1 aliphatic carbocycles. The highest BCUT2D eigenvalue weighted by molar-refractivity contribution is 7.89. The highest BCUT2D eigenvalue weighted by Crippen LogP contribution is 2.47. The lowest BCUT2D eigenvalue weighted by Crippen LogP contribution is -2.39. The molecule has 0 aromatic carbocycles. The number of hydrogen-bond donors (Lipinski definition) is 1. The lowest BCUT2D eigenvalue weighted by Gasteiger charge is -2.26. The number of sulfonamides is 1. The summed E-state index contributed by atoms with van der Waals surface area (Å²) in [6, 6.07) is 1.95. The van der Waals surface area contributed by atoms with Gasteiger partial charge in [-0.25, -0.2) is 8.42 Å². The zero-order valence-corrected chi connectivity index (χ0v) is 14.0. The summed E-state index contributed by atoms with van der Waals surface area (Å²) in [7, 11) is -1.68. The number of nitrogens with zero attached hydrogens (tertiary/aromatic N) is 4. The van der Waals surface area contributed by atoms with E-state index >= 15 is 0 Å². The predicted octanol–water partition coefficient (Wildman–Crippen LogP) is 0.942. The Hall–Kier alpha value is -1.43. The Labute approximate surface area is 136 Å². The summed E-state index contributed by atoms with van der Waals surface area (Å²) in [6.07, 6.45) is 5.86. The Morgan fingerprint density at radius 2 is 2.30 bits per heavy atom. The maximum atomic E-state index is 12.7. The predicted molar refractivity (Wildman–Crippen MR) is 83.6 cm³/mol. The zero-order valence-electron chi connectivity index (χ0n) is 13.2. The van der Waals surface area contributed by atoms with Gasteiger partial charge < -0.3 is 5.11 Å². The van der Waals surface area contributed by atoms with Gasteiger partial charge in [-0.05, 0) is 32.1 Å². The average molecular weight is 338 g/mol. The van der Waals surface area contributed by atoms with Crippen molar-refractivity contribution in [3.05, 3.63) is 18.0 Å². The van der Waals surface area contributed by atoms with Crippen molar-refractivity contribution < 1.29 is 13.5 Å². The molecule has 2 aliphatic rings. The van der Waals surface area contributed by atoms with E-state index in [1.807, 2.05) is 0 Å². The third-order valence-electron chi connectivity index (χ3n) is 4.83. The van der Waals surface area contributed by atoms with Crippen molar-refractivity contribution in [2.45, 2.75) is 44.2 Å². The first-order chi connectivity index (χ1) is 10.9. The Kier molecular flexibility index (Phi) is 4.21. The van der Waals surface area contributed by atoms with Gasteiger partial charge in [0.05, 0.1) is 29.5 Å². The molecule has 23 heavy (non-hydrogen) atoms. The summed E-state index contributed by atoms with van der Waals surface area (Å²) >= 11 is 0. The third-order valence-corrected chi connectivity index (χ3v) is 6.95. The summed E-state index contributed by atoms with van der Waals surface area (Å²) in [5.41, 5.74) is 0.0287. The van der Waals surface area contributed by atoms with Crippen molar-refractivity contribution >= 4 is 10.0 Å². The van der Waals surface area contributed by atoms with Crippen LogP contribution in [0.5, 0.6) is 0 Å². The van der Waals surface area contributed by atoms with Gasteiger partial charge in [0.1, 0.15) is 0 Å². The smallest absolute Gasteiger partial charge is 0.215 e. The molecule has 2 heterocycles. The Morgan fingerprint density at radius 1 is 1.57 bits per heavy atom. The summed E-state index contributed by atoms with van der Waals surface area (Å²) in [4.78, 5) is 0. The first kappa shape index (κ1) is 16.4. The second-order valence-electron chi connectivity index (χ2n) is 6.75. The summed E-state index contributed by atoms with van der Waals surface area (Å²) < 4.78 is 28.4. The van der Waals surface area contributed by atoms with E-state index in [9.17, 15) is 13.5 Å². The van der Waals surface area contributed by atoms with Gasteiger partial charge in [0.15, 0.2) is 0 Å². The van der Waals surface area contributed by atoms with E-state index < -0.39 is 21.5 Å². The highest BCUT2D eigenvalue weighted by Gasteiger charge is 2.49. The van der Waals surface area contributed by atoms with Crippen molar-refractivity contribution in [3.63, 3.8) is 0 Å². The maximum absolute atomic E-state index is 12.7. The Morgan fingerprint density at radius 3 is 2.87 bits per heavy atom. The van der Waals surface area contributed by atoms with Gasteiger partial charge in [0.2, 0.25) is 10.0 Å². The minimum absolute atomic E-state index is 0.0873. The number of aliphatic hydroxyl groups excluding tert-OH is 1. The van der Waals surface area contributed by atoms with Crippen LogP contribution in [-0.2, 0) is 17.1 Å². The molecule has 1 aromatic heterocycles. The van der Waals surface area contributed by atoms with E-state index in [0.717, 1.165) is 12.8 Å². The molecule has 0 amide bonds. The molecule has 8 heteroatoms. The topological polar surface area (TPSA) is 99.2 Å². The molecule has 1 saturated carbocycles. The van der Waals surface area contributed by atoms with Gasteiger partial charge in [-0.15, -0.1) is 0 Å². The van der Waals surface area contributed by atoms with E-state index in [1.54, 1.807) is 24.1 Å². The molecule has 0 radical (unpaired) electrons. The van der Waals surface area contributed by atoms with Crippen molar-refractivity contribution in [1.29, 1.82) is 5.26 Å². The summed E-state index contributed by atoms with van der Waals surface area (Å²) in [5.74, 6) is -0.0873. The van der Waals surface area contributed by atoms with Crippen LogP contribution in [0, 0.1) is 16.7 Å². The second-order valence-corrected chi connectivity index (χ2v) is 8.68. The van der Waals surface area contributed by atoms with E-state index in [0.29, 0.717) is 31.4 Å². The van der Waals surface area contributed by atoms with Crippen molar-refractivity contribution in [1.82, 2.24) is 14.1 Å². The van der Waals surface area contributed by atoms with E-state index in [1.165, 1.54) is 4.31 Å². The highest BCUT2D eigenvalue weighted by atomic mass is 32.2. The number of rotatable bonds is 6. The third kappa shape index (κ3) is 3.42. The van der Waals surface area contributed by atoms with Crippen molar-refractivity contribution in [2.24, 2.45) is 12.5 Å². The van der Waals surface area contributed by atoms with Crippen LogP contribution in [0.25, 0.3) is 0 Å². The molecule has 1 aliphatic heterocycles. The fraction of sp³-hybridized carbons (Fsp3) is 0.733. The molecule has 0 bridgehead atoms. The van der Waals surface area contributed by atoms with Crippen molar-refractivity contribution in [3.8, 4) is 6.07 Å². The molecule has 1 N–H and O–H groups in total. The monoisotopic (exact) mass is 338 g/mol. The molecule has 3 rings (SSSR count). The molecular weight excluding hydrogens is 316 g/mol. The van der Waals surface area contributed by atoms with Crippen LogP contribution < -0.4 is 0 Å². The first-order valence-corrected chi connectivity index (χ1v) is 9.54. The fourth-order valence-electron chi connectivity index (χ4n) is 3.29. The van der Waals surface area contributed by atoms with E-state index in [2.05, 4.69) is 11.2 Å². The molecule has 126 valence electrons. The fourth-order valence-corrected chi connectivity index (χ4v) is 5.56. The van der Waals surface area contributed by atoms with Crippen LogP contribution in [0.3, 0.4) is 0 Å². The Bertz CT molecular complexity index is 717. The van der Waals surface area contributed by atoms with Crippen LogP contribution in [0.4, 0.5) is 0 Å². The van der Waals surface area contributed by atoms with Crippen LogP contribution >= 0.6 is 0 Å². The van der Waals surface area contributed by atoms with Gasteiger partial charge in [0.25, 0.3) is 0 Å². The molecule has 1 saturated heterocycles. The average Bonchev–Trinajstić information content (AvgIpc) is 2.89.